The molecule has 0 bridgehead atoms. The van der Waals surface area contributed by atoms with Crippen LogP contribution in [0.4, 0.5) is 5.69 Å². The first kappa shape index (κ1) is 21.0. The second-order valence-electron chi connectivity index (χ2n) is 6.94. The molecule has 0 atom stereocenters. The molecule has 0 aliphatic carbocycles. The SMILES string of the molecule is [B]C([B])([B])n1ncc2ccc(OC)c(NS(=O)(=O)c3ccc(-n4cc(C)cn4)nc3)c21. The molecule has 0 aliphatic rings. The zero-order valence-electron chi connectivity index (χ0n) is 16.7. The number of fused-ring (bicyclic) bond motifs is 1. The van der Waals surface area contributed by atoms with Gasteiger partial charge in [-0.05, 0) is 42.0 Å². The summed E-state index contributed by atoms with van der Waals surface area (Å²) in [5, 5.41) is 6.94. The van der Waals surface area contributed by atoms with Gasteiger partial charge in [-0.25, -0.2) is 18.1 Å². The number of nitrogens with one attached hydrogen (secondary N) is 1. The Morgan fingerprint density at radius 3 is 2.42 bits per heavy atom. The number of hydrogen-bond acceptors (Lipinski definition) is 6. The minimum absolute atomic E-state index is 0.0650. The molecular formula is C18H15B3N6O3S. The summed E-state index contributed by atoms with van der Waals surface area (Å²) >= 11 is 0. The molecular weight excluding hydrogens is 413 g/mol. The Kier molecular flexibility index (Phi) is 5.08. The minimum Gasteiger partial charge on any atom is -0.494 e. The van der Waals surface area contributed by atoms with Crippen molar-refractivity contribution in [3.63, 3.8) is 0 Å². The lowest BCUT2D eigenvalue weighted by Gasteiger charge is -2.24. The van der Waals surface area contributed by atoms with Gasteiger partial charge in [-0.15, -0.1) is 0 Å². The van der Waals surface area contributed by atoms with Crippen molar-refractivity contribution in [2.75, 3.05) is 11.8 Å². The summed E-state index contributed by atoms with van der Waals surface area (Å²) in [6.45, 7) is 1.89. The van der Waals surface area contributed by atoms with Gasteiger partial charge in [-0.3, -0.25) is 9.40 Å². The van der Waals surface area contributed by atoms with E-state index in [1.165, 1.54) is 25.6 Å². The molecule has 1 aromatic carbocycles. The summed E-state index contributed by atoms with van der Waals surface area (Å²) in [6.07, 6.45) is 6.16. The molecule has 0 amide bonds. The topological polar surface area (TPSA) is 104 Å². The maximum absolute atomic E-state index is 13.1. The van der Waals surface area contributed by atoms with E-state index in [2.05, 4.69) is 19.9 Å². The summed E-state index contributed by atoms with van der Waals surface area (Å²) in [5.41, 5.74) is 1.31. The Labute approximate surface area is 183 Å². The van der Waals surface area contributed by atoms with Gasteiger partial charge in [-0.2, -0.15) is 10.2 Å². The third-order valence-electron chi connectivity index (χ3n) is 4.50. The number of ether oxygens (including phenoxy) is 1. The molecule has 150 valence electrons. The Balaban J connectivity index is 1.76. The van der Waals surface area contributed by atoms with Gasteiger partial charge in [0.15, 0.2) is 5.82 Å². The Morgan fingerprint density at radius 1 is 1.06 bits per heavy atom. The van der Waals surface area contributed by atoms with Crippen molar-refractivity contribution >= 4 is 50.2 Å². The molecule has 0 unspecified atom stereocenters. The number of rotatable bonds is 6. The molecule has 3 heterocycles. The molecule has 0 aliphatic heterocycles. The second kappa shape index (κ2) is 7.49. The highest BCUT2D eigenvalue weighted by atomic mass is 32.2. The number of hydrogen-bond donors (Lipinski definition) is 1. The maximum Gasteiger partial charge on any atom is 0.263 e. The fraction of sp³-hybridized carbons (Fsp3) is 0.167. The van der Waals surface area contributed by atoms with Crippen LogP contribution in [0.5, 0.6) is 5.75 Å². The van der Waals surface area contributed by atoms with E-state index in [1.807, 2.05) is 6.92 Å². The number of nitrogens with zero attached hydrogens (tertiary/aromatic N) is 5. The van der Waals surface area contributed by atoms with Crippen molar-refractivity contribution in [3.8, 4) is 11.6 Å². The molecule has 3 aromatic heterocycles. The Morgan fingerprint density at radius 2 is 1.84 bits per heavy atom. The van der Waals surface area contributed by atoms with Crippen molar-refractivity contribution < 1.29 is 13.2 Å². The van der Waals surface area contributed by atoms with Crippen molar-refractivity contribution in [1.29, 1.82) is 0 Å². The average Bonchev–Trinajstić information content (AvgIpc) is 3.34. The van der Waals surface area contributed by atoms with Crippen LogP contribution in [0.25, 0.3) is 16.7 Å². The van der Waals surface area contributed by atoms with Crippen molar-refractivity contribution in [2.24, 2.45) is 0 Å². The number of anilines is 1. The van der Waals surface area contributed by atoms with Crippen LogP contribution in [0.1, 0.15) is 5.56 Å². The van der Waals surface area contributed by atoms with E-state index in [0.29, 0.717) is 11.2 Å². The highest BCUT2D eigenvalue weighted by Crippen LogP contribution is 2.36. The van der Waals surface area contributed by atoms with E-state index in [-0.39, 0.29) is 21.8 Å². The lowest BCUT2D eigenvalue weighted by Crippen LogP contribution is -2.36. The zero-order chi connectivity index (χ0) is 22.4. The van der Waals surface area contributed by atoms with E-state index < -0.39 is 15.3 Å². The number of benzene rings is 1. The molecule has 0 spiro atoms. The van der Waals surface area contributed by atoms with Crippen LogP contribution in [-0.2, 0) is 15.3 Å². The van der Waals surface area contributed by atoms with Crippen LogP contribution in [0.3, 0.4) is 0 Å². The molecule has 0 saturated heterocycles. The van der Waals surface area contributed by atoms with Gasteiger partial charge in [-0.1, -0.05) is 0 Å². The monoisotopic (exact) mass is 428 g/mol. The van der Waals surface area contributed by atoms with Crippen molar-refractivity contribution in [2.45, 2.75) is 17.1 Å². The summed E-state index contributed by atoms with van der Waals surface area (Å²) < 4.78 is 36.7. The molecule has 4 rings (SSSR count). The quantitative estimate of drug-likeness (QED) is 0.457. The van der Waals surface area contributed by atoms with Crippen molar-refractivity contribution in [3.05, 3.63) is 54.6 Å². The zero-order valence-corrected chi connectivity index (χ0v) is 17.5. The first-order chi connectivity index (χ1) is 14.6. The Hall–Kier alpha value is -3.21. The average molecular weight is 428 g/mol. The summed E-state index contributed by atoms with van der Waals surface area (Å²) in [7, 11) is 14.7. The van der Waals surface area contributed by atoms with Crippen LogP contribution in [-0.4, -0.2) is 63.6 Å². The van der Waals surface area contributed by atoms with Gasteiger partial charge in [0.05, 0.1) is 48.6 Å². The third-order valence-corrected chi connectivity index (χ3v) is 5.83. The maximum atomic E-state index is 13.1. The van der Waals surface area contributed by atoms with Crippen molar-refractivity contribution in [1.82, 2.24) is 24.5 Å². The molecule has 6 radical (unpaired) electrons. The second-order valence-corrected chi connectivity index (χ2v) is 8.63. The van der Waals surface area contributed by atoms with Crippen LogP contribution < -0.4 is 9.46 Å². The van der Waals surface area contributed by atoms with Gasteiger partial charge in [0.2, 0.25) is 0 Å². The van der Waals surface area contributed by atoms with Gasteiger partial charge in [0.25, 0.3) is 10.0 Å². The first-order valence-corrected chi connectivity index (χ1v) is 10.5. The first-order valence-electron chi connectivity index (χ1n) is 9.02. The predicted molar refractivity (Wildman–Crippen MR) is 118 cm³/mol. The highest BCUT2D eigenvalue weighted by molar-refractivity contribution is 7.92. The fourth-order valence-corrected chi connectivity index (χ4v) is 4.08. The number of aryl methyl sites for hydroxylation is 1. The van der Waals surface area contributed by atoms with E-state index in [1.54, 1.807) is 35.3 Å². The van der Waals surface area contributed by atoms with E-state index in [9.17, 15) is 8.42 Å². The van der Waals surface area contributed by atoms with E-state index >= 15 is 0 Å². The summed E-state index contributed by atoms with van der Waals surface area (Å²) in [5.74, 6) is 0.711. The highest BCUT2D eigenvalue weighted by Gasteiger charge is 2.24. The largest absolute Gasteiger partial charge is 0.494 e. The van der Waals surface area contributed by atoms with Gasteiger partial charge in [0.1, 0.15) is 16.3 Å². The standard InChI is InChI=1S/C18H15B3N6O3S/c1-11-7-23-26(10-11)15-6-4-13(9-22-15)31(28,29)25-16-14(30-2)5-3-12-8-24-27(17(12)16)18(19,20)21/h3-10,25H,1-2H3. The van der Waals surface area contributed by atoms with E-state index in [0.717, 1.165) is 10.2 Å². The van der Waals surface area contributed by atoms with Crippen LogP contribution in [0.15, 0.2) is 53.9 Å². The number of methoxy groups -OCH3 is 1. The van der Waals surface area contributed by atoms with Gasteiger partial charge >= 0.3 is 0 Å². The van der Waals surface area contributed by atoms with Gasteiger partial charge in [0, 0.05) is 17.8 Å². The molecule has 0 saturated carbocycles. The van der Waals surface area contributed by atoms with Crippen LogP contribution in [0.2, 0.25) is 0 Å². The molecule has 13 heteroatoms. The Bertz CT molecular complexity index is 1360. The minimum atomic E-state index is -4.06. The van der Waals surface area contributed by atoms with Gasteiger partial charge < -0.3 is 4.74 Å². The fourth-order valence-electron chi connectivity index (χ4n) is 3.06. The molecule has 4 aromatic rings. The van der Waals surface area contributed by atoms with E-state index in [4.69, 9.17) is 28.3 Å². The number of aromatic nitrogens is 5. The predicted octanol–water partition coefficient (Wildman–Crippen LogP) is 0.808. The lowest BCUT2D eigenvalue weighted by molar-refractivity contribution is 0.417. The lowest BCUT2D eigenvalue weighted by atomic mass is 9.49. The number of sulfonamides is 1. The smallest absolute Gasteiger partial charge is 0.263 e. The summed E-state index contributed by atoms with van der Waals surface area (Å²) in [4.78, 5) is 4.13. The molecule has 31 heavy (non-hydrogen) atoms. The number of pyridine rings is 1. The normalized spacial score (nSPS) is 12.2. The van der Waals surface area contributed by atoms with Crippen LogP contribution >= 0.6 is 0 Å². The molecule has 1 N–H and O–H groups in total. The molecule has 9 nitrogen and oxygen atoms in total. The summed E-state index contributed by atoms with van der Waals surface area (Å²) in [6, 6.07) is 6.25. The third kappa shape index (κ3) is 3.92. The molecule has 0 fully saturated rings. The van der Waals surface area contributed by atoms with Crippen LogP contribution in [0, 0.1) is 6.92 Å².